The van der Waals surface area contributed by atoms with Gasteiger partial charge in [0, 0.05) is 6.42 Å². The van der Waals surface area contributed by atoms with Crippen molar-refractivity contribution in [1.29, 1.82) is 0 Å². The molecule has 2 aromatic rings. The van der Waals surface area contributed by atoms with Crippen LogP contribution in [0.4, 0.5) is 0 Å². The van der Waals surface area contributed by atoms with Crippen LogP contribution in [0, 0.1) is 0 Å². The summed E-state index contributed by atoms with van der Waals surface area (Å²) in [5.74, 6) is -0.0279. The van der Waals surface area contributed by atoms with Crippen LogP contribution >= 0.6 is 11.3 Å². The molecule has 2 rings (SSSR count). The average Bonchev–Trinajstić information content (AvgIpc) is 3.04. The first kappa shape index (κ1) is 15.7. The quantitative estimate of drug-likeness (QED) is 0.826. The van der Waals surface area contributed by atoms with Gasteiger partial charge in [0.15, 0.2) is 0 Å². The standard InChI is InChI=1S/C17H21NO2S/c1-2-13-3-6-15(7-4-13)16(11-19)18-17(20)8-5-14-9-10-21-12-14/h3-4,6-7,9-10,12,16,19H,2,5,8,11H2,1H3,(H,18,20). The van der Waals surface area contributed by atoms with E-state index < -0.39 is 0 Å². The highest BCUT2D eigenvalue weighted by Gasteiger charge is 2.13. The minimum atomic E-state index is -0.328. The number of aliphatic hydroxyl groups is 1. The van der Waals surface area contributed by atoms with Gasteiger partial charge in [-0.05, 0) is 46.4 Å². The first-order chi connectivity index (χ1) is 10.2. The predicted octanol–water partition coefficient (Wildman–Crippen LogP) is 3.09. The SMILES string of the molecule is CCc1ccc(C(CO)NC(=O)CCc2ccsc2)cc1. The van der Waals surface area contributed by atoms with Crippen molar-refractivity contribution in [2.45, 2.75) is 32.2 Å². The predicted molar refractivity (Wildman–Crippen MR) is 86.4 cm³/mol. The van der Waals surface area contributed by atoms with Crippen molar-refractivity contribution < 1.29 is 9.90 Å². The van der Waals surface area contributed by atoms with Crippen molar-refractivity contribution in [2.24, 2.45) is 0 Å². The number of thiophene rings is 1. The molecule has 1 amide bonds. The van der Waals surface area contributed by atoms with Gasteiger partial charge < -0.3 is 10.4 Å². The zero-order chi connectivity index (χ0) is 15.1. The number of hydrogen-bond donors (Lipinski definition) is 2. The molecule has 3 nitrogen and oxygen atoms in total. The molecule has 0 bridgehead atoms. The molecule has 1 aromatic carbocycles. The molecule has 0 aliphatic heterocycles. The van der Waals surface area contributed by atoms with Crippen molar-refractivity contribution in [3.8, 4) is 0 Å². The van der Waals surface area contributed by atoms with E-state index in [0.717, 1.165) is 18.4 Å². The van der Waals surface area contributed by atoms with E-state index in [2.05, 4.69) is 17.6 Å². The Hall–Kier alpha value is -1.65. The summed E-state index contributed by atoms with van der Waals surface area (Å²) < 4.78 is 0. The fraction of sp³-hybridized carbons (Fsp3) is 0.353. The number of aliphatic hydroxyl groups excluding tert-OH is 1. The molecule has 21 heavy (non-hydrogen) atoms. The summed E-state index contributed by atoms with van der Waals surface area (Å²) in [5, 5.41) is 16.5. The van der Waals surface area contributed by atoms with Crippen LogP contribution in [-0.4, -0.2) is 17.6 Å². The fourth-order valence-corrected chi connectivity index (χ4v) is 2.88. The van der Waals surface area contributed by atoms with E-state index in [1.807, 2.05) is 35.7 Å². The van der Waals surface area contributed by atoms with E-state index >= 15 is 0 Å². The topological polar surface area (TPSA) is 49.3 Å². The molecule has 2 N–H and O–H groups in total. The Bertz CT molecular complexity index is 549. The summed E-state index contributed by atoms with van der Waals surface area (Å²) in [7, 11) is 0. The van der Waals surface area contributed by atoms with E-state index in [4.69, 9.17) is 0 Å². The normalized spacial score (nSPS) is 12.1. The van der Waals surface area contributed by atoms with Crippen molar-refractivity contribution in [3.63, 3.8) is 0 Å². The van der Waals surface area contributed by atoms with Gasteiger partial charge in [0.25, 0.3) is 0 Å². The minimum Gasteiger partial charge on any atom is -0.394 e. The lowest BCUT2D eigenvalue weighted by Gasteiger charge is -2.17. The van der Waals surface area contributed by atoms with Gasteiger partial charge in [-0.25, -0.2) is 0 Å². The summed E-state index contributed by atoms with van der Waals surface area (Å²) in [6.07, 6.45) is 2.17. The van der Waals surface area contributed by atoms with Crippen LogP contribution in [0.5, 0.6) is 0 Å². The van der Waals surface area contributed by atoms with Crippen LogP contribution in [0.1, 0.15) is 36.1 Å². The molecule has 0 radical (unpaired) electrons. The Labute approximate surface area is 129 Å². The Morgan fingerprint density at radius 2 is 2.00 bits per heavy atom. The van der Waals surface area contributed by atoms with Crippen LogP contribution in [0.15, 0.2) is 41.1 Å². The van der Waals surface area contributed by atoms with Gasteiger partial charge in [0.05, 0.1) is 12.6 Å². The first-order valence-electron chi connectivity index (χ1n) is 7.23. The third-order valence-corrected chi connectivity index (χ3v) is 4.26. The average molecular weight is 303 g/mol. The molecule has 0 saturated carbocycles. The Balaban J connectivity index is 1.89. The van der Waals surface area contributed by atoms with Gasteiger partial charge >= 0.3 is 0 Å². The zero-order valence-corrected chi connectivity index (χ0v) is 13.0. The van der Waals surface area contributed by atoms with Crippen LogP contribution in [-0.2, 0) is 17.6 Å². The summed E-state index contributed by atoms with van der Waals surface area (Å²) >= 11 is 1.64. The molecule has 1 unspecified atom stereocenters. The molecule has 1 aromatic heterocycles. The third kappa shape index (κ3) is 4.69. The largest absolute Gasteiger partial charge is 0.394 e. The van der Waals surface area contributed by atoms with Crippen molar-refractivity contribution in [1.82, 2.24) is 5.32 Å². The van der Waals surface area contributed by atoms with Gasteiger partial charge in [-0.2, -0.15) is 11.3 Å². The summed E-state index contributed by atoms with van der Waals surface area (Å²) in [6.45, 7) is 2.01. The summed E-state index contributed by atoms with van der Waals surface area (Å²) in [4.78, 5) is 12.0. The summed E-state index contributed by atoms with van der Waals surface area (Å²) in [5.41, 5.74) is 3.38. The molecule has 0 fully saturated rings. The highest BCUT2D eigenvalue weighted by Crippen LogP contribution is 2.15. The van der Waals surface area contributed by atoms with Gasteiger partial charge in [0.1, 0.15) is 0 Å². The van der Waals surface area contributed by atoms with Crippen LogP contribution in [0.3, 0.4) is 0 Å². The molecule has 0 aliphatic rings. The van der Waals surface area contributed by atoms with E-state index in [1.165, 1.54) is 11.1 Å². The number of benzene rings is 1. The maximum absolute atomic E-state index is 12.0. The van der Waals surface area contributed by atoms with Gasteiger partial charge in [-0.1, -0.05) is 31.2 Å². The number of amides is 1. The number of aryl methyl sites for hydroxylation is 2. The molecule has 4 heteroatoms. The van der Waals surface area contributed by atoms with Crippen LogP contribution in [0.2, 0.25) is 0 Å². The van der Waals surface area contributed by atoms with Crippen LogP contribution in [0.25, 0.3) is 0 Å². The molecule has 0 aliphatic carbocycles. The lowest BCUT2D eigenvalue weighted by Crippen LogP contribution is -2.30. The minimum absolute atomic E-state index is 0.0279. The van der Waals surface area contributed by atoms with Gasteiger partial charge in [0.2, 0.25) is 5.91 Å². The molecular formula is C17H21NO2S. The smallest absolute Gasteiger partial charge is 0.220 e. The van der Waals surface area contributed by atoms with Gasteiger partial charge in [-0.15, -0.1) is 0 Å². The molecule has 112 valence electrons. The first-order valence-corrected chi connectivity index (χ1v) is 8.17. The number of rotatable bonds is 7. The Kier molecular flexibility index (Phi) is 5.96. The number of carbonyl (C=O) groups is 1. The fourth-order valence-electron chi connectivity index (χ4n) is 2.18. The second-order valence-corrected chi connectivity index (χ2v) is 5.81. The van der Waals surface area contributed by atoms with E-state index in [1.54, 1.807) is 11.3 Å². The third-order valence-electron chi connectivity index (χ3n) is 3.53. The maximum atomic E-state index is 12.0. The highest BCUT2D eigenvalue weighted by atomic mass is 32.1. The maximum Gasteiger partial charge on any atom is 0.220 e. The molecule has 1 heterocycles. The second kappa shape index (κ2) is 7.96. The van der Waals surface area contributed by atoms with Crippen molar-refractivity contribution in [2.75, 3.05) is 6.61 Å². The number of hydrogen-bond acceptors (Lipinski definition) is 3. The van der Waals surface area contributed by atoms with E-state index in [-0.39, 0.29) is 18.6 Å². The molecular weight excluding hydrogens is 282 g/mol. The van der Waals surface area contributed by atoms with Crippen molar-refractivity contribution in [3.05, 3.63) is 57.8 Å². The lowest BCUT2D eigenvalue weighted by molar-refractivity contribution is -0.122. The zero-order valence-electron chi connectivity index (χ0n) is 12.2. The number of carbonyl (C=O) groups excluding carboxylic acids is 1. The van der Waals surface area contributed by atoms with Crippen LogP contribution < -0.4 is 5.32 Å². The van der Waals surface area contributed by atoms with Crippen molar-refractivity contribution >= 4 is 17.2 Å². The lowest BCUT2D eigenvalue weighted by atomic mass is 10.0. The van der Waals surface area contributed by atoms with E-state index in [9.17, 15) is 9.90 Å². The molecule has 0 spiro atoms. The van der Waals surface area contributed by atoms with Gasteiger partial charge in [-0.3, -0.25) is 4.79 Å². The molecule has 1 atom stereocenters. The van der Waals surface area contributed by atoms with E-state index in [0.29, 0.717) is 6.42 Å². The summed E-state index contributed by atoms with van der Waals surface area (Å²) in [6, 6.07) is 9.72. The second-order valence-electron chi connectivity index (χ2n) is 5.03. The Morgan fingerprint density at radius 1 is 1.24 bits per heavy atom. The molecule has 0 saturated heterocycles. The Morgan fingerprint density at radius 3 is 2.57 bits per heavy atom. The number of nitrogens with one attached hydrogen (secondary N) is 1. The highest BCUT2D eigenvalue weighted by molar-refractivity contribution is 7.07. The monoisotopic (exact) mass is 303 g/mol.